The molecule has 9 nitrogen and oxygen atoms in total. The van der Waals surface area contributed by atoms with E-state index in [9.17, 15) is 22.4 Å². The highest BCUT2D eigenvalue weighted by Crippen LogP contribution is 2.32. The molecule has 0 radical (unpaired) electrons. The molecule has 0 unspecified atom stereocenters. The molecule has 1 aliphatic heterocycles. The second kappa shape index (κ2) is 8.55. The van der Waals surface area contributed by atoms with Crippen LogP contribution in [0, 0.1) is 5.82 Å². The first kappa shape index (κ1) is 21.1. The Balaban J connectivity index is 1.42. The minimum Gasteiger partial charge on any atom is -0.454 e. The van der Waals surface area contributed by atoms with E-state index in [4.69, 9.17) is 9.47 Å². The van der Waals surface area contributed by atoms with Crippen molar-refractivity contribution in [1.29, 1.82) is 0 Å². The Hall–Kier alpha value is -4.12. The number of ether oxygens (including phenoxy) is 2. The van der Waals surface area contributed by atoms with E-state index in [2.05, 4.69) is 15.6 Å². The molecule has 2 amide bonds. The highest BCUT2D eigenvalue weighted by Gasteiger charge is 2.19. The van der Waals surface area contributed by atoms with E-state index in [-0.39, 0.29) is 28.5 Å². The summed E-state index contributed by atoms with van der Waals surface area (Å²) in [5, 5.41) is 0. The van der Waals surface area contributed by atoms with Crippen molar-refractivity contribution in [1.82, 2.24) is 10.9 Å². The molecule has 3 aromatic rings. The van der Waals surface area contributed by atoms with Crippen LogP contribution in [-0.2, 0) is 10.0 Å². The van der Waals surface area contributed by atoms with Gasteiger partial charge in [0.25, 0.3) is 21.8 Å². The molecule has 3 aromatic carbocycles. The quantitative estimate of drug-likeness (QED) is 0.506. The van der Waals surface area contributed by atoms with Crippen LogP contribution in [0.15, 0.2) is 71.6 Å². The minimum atomic E-state index is -4.03. The lowest BCUT2D eigenvalue weighted by Crippen LogP contribution is -2.41. The number of halogens is 1. The zero-order valence-electron chi connectivity index (χ0n) is 16.3. The Labute approximate surface area is 182 Å². The minimum absolute atomic E-state index is 0.00188. The Morgan fingerprint density at radius 1 is 0.812 bits per heavy atom. The molecule has 1 aliphatic rings. The molecule has 0 aliphatic carbocycles. The number of nitrogens with one attached hydrogen (secondary N) is 3. The second-order valence-corrected chi connectivity index (χ2v) is 8.30. The van der Waals surface area contributed by atoms with Crippen molar-refractivity contribution >= 4 is 27.5 Å². The van der Waals surface area contributed by atoms with Crippen molar-refractivity contribution in [3.63, 3.8) is 0 Å². The lowest BCUT2D eigenvalue weighted by Gasteiger charge is -2.11. The van der Waals surface area contributed by atoms with Gasteiger partial charge in [0.05, 0.1) is 4.90 Å². The lowest BCUT2D eigenvalue weighted by molar-refractivity contribution is 0.0846. The summed E-state index contributed by atoms with van der Waals surface area (Å²) in [4.78, 5) is 24.5. The van der Waals surface area contributed by atoms with Gasteiger partial charge in [-0.1, -0.05) is 6.07 Å². The van der Waals surface area contributed by atoms with Gasteiger partial charge >= 0.3 is 0 Å². The summed E-state index contributed by atoms with van der Waals surface area (Å²) in [6.07, 6.45) is 0. The predicted molar refractivity (Wildman–Crippen MR) is 111 cm³/mol. The molecular formula is C21H16FN3O6S. The van der Waals surface area contributed by atoms with Gasteiger partial charge in [-0.15, -0.1) is 0 Å². The van der Waals surface area contributed by atoms with E-state index in [1.165, 1.54) is 42.5 Å². The fourth-order valence-electron chi connectivity index (χ4n) is 2.83. The molecular weight excluding hydrogens is 441 g/mol. The van der Waals surface area contributed by atoms with Crippen LogP contribution in [0.2, 0.25) is 0 Å². The first-order valence-electron chi connectivity index (χ1n) is 9.21. The third kappa shape index (κ3) is 4.62. The first-order valence-corrected chi connectivity index (χ1v) is 10.7. The second-order valence-electron chi connectivity index (χ2n) is 6.62. The van der Waals surface area contributed by atoms with Gasteiger partial charge < -0.3 is 9.47 Å². The average molecular weight is 457 g/mol. The standard InChI is InChI=1S/C21H16FN3O6S/c22-15-5-7-16(8-6-15)25-32(28,29)17-3-1-2-13(10-17)20(26)23-24-21(27)14-4-9-18-19(11-14)31-12-30-18/h1-11,25H,12H2,(H,23,26)(H,24,27). The zero-order valence-corrected chi connectivity index (χ0v) is 17.1. The van der Waals surface area contributed by atoms with Crippen molar-refractivity contribution in [3.8, 4) is 11.5 Å². The molecule has 0 fully saturated rings. The summed E-state index contributed by atoms with van der Waals surface area (Å²) in [5.74, 6) is -0.904. The summed E-state index contributed by atoms with van der Waals surface area (Å²) >= 11 is 0. The van der Waals surface area contributed by atoms with E-state index in [0.717, 1.165) is 18.2 Å². The number of rotatable bonds is 5. The molecule has 11 heteroatoms. The number of hydrazine groups is 1. The molecule has 0 saturated carbocycles. The Morgan fingerprint density at radius 3 is 2.19 bits per heavy atom. The van der Waals surface area contributed by atoms with Crippen molar-refractivity contribution < 1.29 is 31.9 Å². The van der Waals surface area contributed by atoms with Crippen LogP contribution < -0.4 is 25.0 Å². The Kier molecular flexibility index (Phi) is 5.65. The maximum Gasteiger partial charge on any atom is 0.269 e. The average Bonchev–Trinajstić information content (AvgIpc) is 3.26. The molecule has 0 atom stereocenters. The van der Waals surface area contributed by atoms with Crippen molar-refractivity contribution in [2.24, 2.45) is 0 Å². The molecule has 4 rings (SSSR count). The van der Waals surface area contributed by atoms with Crippen molar-refractivity contribution in [2.75, 3.05) is 11.5 Å². The SMILES string of the molecule is O=C(NNC(=O)c1ccc2c(c1)OCO2)c1cccc(S(=O)(=O)Nc2ccc(F)cc2)c1. The van der Waals surface area contributed by atoms with Gasteiger partial charge in [0.15, 0.2) is 11.5 Å². The molecule has 0 saturated heterocycles. The van der Waals surface area contributed by atoms with Crippen molar-refractivity contribution in [3.05, 3.63) is 83.7 Å². The van der Waals surface area contributed by atoms with E-state index in [0.29, 0.717) is 11.5 Å². The van der Waals surface area contributed by atoms with Crippen LogP contribution in [0.25, 0.3) is 0 Å². The molecule has 0 aromatic heterocycles. The van der Waals surface area contributed by atoms with E-state index in [1.54, 1.807) is 6.07 Å². The van der Waals surface area contributed by atoms with Crippen LogP contribution in [0.4, 0.5) is 10.1 Å². The summed E-state index contributed by atoms with van der Waals surface area (Å²) in [7, 11) is -4.03. The fourth-order valence-corrected chi connectivity index (χ4v) is 3.94. The number of sulfonamides is 1. The van der Waals surface area contributed by atoms with Crippen LogP contribution in [-0.4, -0.2) is 27.0 Å². The highest BCUT2D eigenvalue weighted by molar-refractivity contribution is 7.92. The van der Waals surface area contributed by atoms with Gasteiger partial charge in [0, 0.05) is 16.8 Å². The zero-order chi connectivity index (χ0) is 22.7. The summed E-state index contributed by atoms with van der Waals surface area (Å²) in [6, 6.07) is 14.5. The number of anilines is 1. The van der Waals surface area contributed by atoms with E-state index >= 15 is 0 Å². The maximum absolute atomic E-state index is 13.0. The van der Waals surface area contributed by atoms with Gasteiger partial charge in [0.1, 0.15) is 5.82 Å². The Morgan fingerprint density at radius 2 is 1.47 bits per heavy atom. The highest BCUT2D eigenvalue weighted by atomic mass is 32.2. The number of amides is 2. The summed E-state index contributed by atoms with van der Waals surface area (Å²) in [5.41, 5.74) is 4.88. The number of carbonyl (C=O) groups is 2. The molecule has 32 heavy (non-hydrogen) atoms. The van der Waals surface area contributed by atoms with Crippen molar-refractivity contribution in [2.45, 2.75) is 4.90 Å². The van der Waals surface area contributed by atoms with Gasteiger partial charge in [-0.2, -0.15) is 0 Å². The van der Waals surface area contributed by atoms with Gasteiger partial charge in [-0.3, -0.25) is 25.2 Å². The van der Waals surface area contributed by atoms with Crippen LogP contribution in [0.5, 0.6) is 11.5 Å². The lowest BCUT2D eigenvalue weighted by atomic mass is 10.2. The number of hydrogen-bond acceptors (Lipinski definition) is 6. The van der Waals surface area contributed by atoms with E-state index < -0.39 is 27.7 Å². The van der Waals surface area contributed by atoms with Gasteiger partial charge in [0.2, 0.25) is 6.79 Å². The van der Waals surface area contributed by atoms with Crippen LogP contribution in [0.3, 0.4) is 0 Å². The number of hydrogen-bond donors (Lipinski definition) is 3. The first-order chi connectivity index (χ1) is 15.3. The molecule has 0 bridgehead atoms. The van der Waals surface area contributed by atoms with Crippen LogP contribution >= 0.6 is 0 Å². The van der Waals surface area contributed by atoms with Gasteiger partial charge in [-0.05, 0) is 60.7 Å². The Bertz CT molecular complexity index is 1300. The predicted octanol–water partition coefficient (Wildman–Crippen LogP) is 2.43. The monoisotopic (exact) mass is 457 g/mol. The fraction of sp³-hybridized carbons (Fsp3) is 0.0476. The van der Waals surface area contributed by atoms with E-state index in [1.807, 2.05) is 0 Å². The topological polar surface area (TPSA) is 123 Å². The molecule has 0 spiro atoms. The maximum atomic E-state index is 13.0. The summed E-state index contributed by atoms with van der Waals surface area (Å²) in [6.45, 7) is 0.0619. The smallest absolute Gasteiger partial charge is 0.269 e. The third-order valence-corrected chi connectivity index (χ3v) is 5.81. The van der Waals surface area contributed by atoms with Crippen LogP contribution in [0.1, 0.15) is 20.7 Å². The normalized spacial score (nSPS) is 12.2. The van der Waals surface area contributed by atoms with Gasteiger partial charge in [-0.25, -0.2) is 12.8 Å². The number of benzene rings is 3. The third-order valence-electron chi connectivity index (χ3n) is 4.43. The molecule has 1 heterocycles. The molecule has 164 valence electrons. The number of carbonyl (C=O) groups excluding carboxylic acids is 2. The summed E-state index contributed by atoms with van der Waals surface area (Å²) < 4.78 is 50.9. The molecule has 3 N–H and O–H groups in total. The largest absolute Gasteiger partial charge is 0.454 e. The number of fused-ring (bicyclic) bond motifs is 1.